The smallest absolute Gasteiger partial charge is 0.338 e. The fourth-order valence-corrected chi connectivity index (χ4v) is 1.75. The highest BCUT2D eigenvalue weighted by atomic mass is 16.4. The van der Waals surface area contributed by atoms with Gasteiger partial charge in [-0.1, -0.05) is 13.8 Å². The average molecular weight is 237 g/mol. The first kappa shape index (κ1) is 13.2. The van der Waals surface area contributed by atoms with E-state index in [4.69, 9.17) is 10.2 Å². The number of carbonyl (C=O) groups is 2. The second-order valence-electron chi connectivity index (χ2n) is 3.98. The Hall–Kier alpha value is -1.91. The second kappa shape index (κ2) is 4.95. The standard InChI is InChI=1S/C12H15NO4/c1-4-6(2)10-7(3)9(12(16)17)8(5-13-10)11(14)15/h5-6H,4H2,1-3H3,(H,14,15)(H,16,17). The number of aromatic carboxylic acids is 2. The van der Waals surface area contributed by atoms with Gasteiger partial charge in [-0.15, -0.1) is 0 Å². The van der Waals surface area contributed by atoms with Crippen LogP contribution in [0.3, 0.4) is 0 Å². The number of hydrogen-bond acceptors (Lipinski definition) is 3. The van der Waals surface area contributed by atoms with Crippen LogP contribution in [0, 0.1) is 6.92 Å². The van der Waals surface area contributed by atoms with Crippen LogP contribution in [0.4, 0.5) is 0 Å². The van der Waals surface area contributed by atoms with Crippen molar-refractivity contribution in [1.29, 1.82) is 0 Å². The van der Waals surface area contributed by atoms with Crippen LogP contribution in [-0.4, -0.2) is 27.1 Å². The first-order valence-corrected chi connectivity index (χ1v) is 5.36. The molecule has 92 valence electrons. The lowest BCUT2D eigenvalue weighted by atomic mass is 9.94. The molecular weight excluding hydrogens is 222 g/mol. The molecule has 17 heavy (non-hydrogen) atoms. The Morgan fingerprint density at radius 2 is 1.94 bits per heavy atom. The van der Waals surface area contributed by atoms with Crippen LogP contribution >= 0.6 is 0 Å². The summed E-state index contributed by atoms with van der Waals surface area (Å²) in [5, 5.41) is 18.0. The van der Waals surface area contributed by atoms with Crippen molar-refractivity contribution in [3.8, 4) is 0 Å². The predicted molar refractivity (Wildman–Crippen MR) is 61.6 cm³/mol. The van der Waals surface area contributed by atoms with Crippen molar-refractivity contribution in [2.75, 3.05) is 0 Å². The van der Waals surface area contributed by atoms with E-state index in [1.807, 2.05) is 13.8 Å². The SMILES string of the molecule is CCC(C)c1ncc(C(=O)O)c(C(=O)O)c1C. The van der Waals surface area contributed by atoms with Gasteiger partial charge < -0.3 is 10.2 Å². The van der Waals surface area contributed by atoms with Crippen LogP contribution in [-0.2, 0) is 0 Å². The number of pyridine rings is 1. The molecule has 0 fully saturated rings. The van der Waals surface area contributed by atoms with Gasteiger partial charge in [0.2, 0.25) is 0 Å². The molecule has 5 nitrogen and oxygen atoms in total. The highest BCUT2D eigenvalue weighted by Gasteiger charge is 2.22. The summed E-state index contributed by atoms with van der Waals surface area (Å²) in [6, 6.07) is 0. The fraction of sp³-hybridized carbons (Fsp3) is 0.417. The molecule has 1 aromatic heterocycles. The zero-order chi connectivity index (χ0) is 13.2. The highest BCUT2D eigenvalue weighted by Crippen LogP contribution is 2.24. The zero-order valence-corrected chi connectivity index (χ0v) is 10.0. The zero-order valence-electron chi connectivity index (χ0n) is 10.0. The molecule has 0 saturated heterocycles. The van der Waals surface area contributed by atoms with E-state index >= 15 is 0 Å². The lowest BCUT2D eigenvalue weighted by Crippen LogP contribution is -2.14. The molecule has 0 spiro atoms. The molecule has 5 heteroatoms. The van der Waals surface area contributed by atoms with Crippen LogP contribution in [0.25, 0.3) is 0 Å². The number of carboxylic acids is 2. The number of nitrogens with zero attached hydrogens (tertiary/aromatic N) is 1. The van der Waals surface area contributed by atoms with Gasteiger partial charge in [-0.2, -0.15) is 0 Å². The van der Waals surface area contributed by atoms with Gasteiger partial charge in [0.25, 0.3) is 0 Å². The van der Waals surface area contributed by atoms with E-state index in [2.05, 4.69) is 4.98 Å². The molecule has 0 aromatic carbocycles. The minimum atomic E-state index is -1.27. The lowest BCUT2D eigenvalue weighted by Gasteiger charge is -2.14. The van der Waals surface area contributed by atoms with E-state index in [0.29, 0.717) is 11.3 Å². The van der Waals surface area contributed by atoms with E-state index in [-0.39, 0.29) is 17.0 Å². The largest absolute Gasteiger partial charge is 0.478 e. The molecular formula is C12H15NO4. The summed E-state index contributed by atoms with van der Waals surface area (Å²) in [7, 11) is 0. The van der Waals surface area contributed by atoms with Gasteiger partial charge in [-0.25, -0.2) is 9.59 Å². The van der Waals surface area contributed by atoms with Crippen molar-refractivity contribution in [1.82, 2.24) is 4.98 Å². The number of carboxylic acid groups (broad SMARTS) is 2. The first-order chi connectivity index (χ1) is 7.90. The van der Waals surface area contributed by atoms with Crippen molar-refractivity contribution in [2.24, 2.45) is 0 Å². The number of hydrogen-bond donors (Lipinski definition) is 2. The minimum absolute atomic E-state index is 0.107. The van der Waals surface area contributed by atoms with Crippen molar-refractivity contribution in [2.45, 2.75) is 33.1 Å². The molecule has 1 atom stereocenters. The topological polar surface area (TPSA) is 87.5 Å². The van der Waals surface area contributed by atoms with E-state index in [1.165, 1.54) is 0 Å². The average Bonchev–Trinajstić information content (AvgIpc) is 2.26. The third-order valence-electron chi connectivity index (χ3n) is 2.88. The number of rotatable bonds is 4. The molecule has 0 aliphatic carbocycles. The Labute approximate surface area is 99.1 Å². The van der Waals surface area contributed by atoms with Crippen LogP contribution in [0.2, 0.25) is 0 Å². The van der Waals surface area contributed by atoms with E-state index < -0.39 is 11.9 Å². The molecule has 0 aliphatic heterocycles. The van der Waals surface area contributed by atoms with E-state index in [1.54, 1.807) is 6.92 Å². The van der Waals surface area contributed by atoms with E-state index in [9.17, 15) is 9.59 Å². The molecule has 1 aromatic rings. The summed E-state index contributed by atoms with van der Waals surface area (Å²) in [5.41, 5.74) is 0.659. The maximum absolute atomic E-state index is 11.1. The van der Waals surface area contributed by atoms with Gasteiger partial charge in [0.15, 0.2) is 0 Å². The minimum Gasteiger partial charge on any atom is -0.478 e. The first-order valence-electron chi connectivity index (χ1n) is 5.36. The second-order valence-corrected chi connectivity index (χ2v) is 3.98. The Balaban J connectivity index is 3.49. The summed E-state index contributed by atoms with van der Waals surface area (Å²) >= 11 is 0. The fourth-order valence-electron chi connectivity index (χ4n) is 1.75. The molecule has 0 radical (unpaired) electrons. The Morgan fingerprint density at radius 3 is 2.35 bits per heavy atom. The Morgan fingerprint density at radius 1 is 1.35 bits per heavy atom. The molecule has 1 unspecified atom stereocenters. The summed E-state index contributed by atoms with van der Waals surface area (Å²) < 4.78 is 0. The van der Waals surface area contributed by atoms with E-state index in [0.717, 1.165) is 12.6 Å². The van der Waals surface area contributed by atoms with Crippen molar-refractivity contribution < 1.29 is 19.8 Å². The normalized spacial score (nSPS) is 12.2. The molecule has 1 rings (SSSR count). The summed E-state index contributed by atoms with van der Waals surface area (Å²) in [5.74, 6) is -2.39. The van der Waals surface area contributed by atoms with Gasteiger partial charge in [-0.05, 0) is 24.8 Å². The Bertz CT molecular complexity index is 468. The predicted octanol–water partition coefficient (Wildman–Crippen LogP) is 2.30. The monoisotopic (exact) mass is 237 g/mol. The van der Waals surface area contributed by atoms with Gasteiger partial charge in [0.1, 0.15) is 0 Å². The van der Waals surface area contributed by atoms with Crippen molar-refractivity contribution in [3.63, 3.8) is 0 Å². The van der Waals surface area contributed by atoms with Crippen molar-refractivity contribution in [3.05, 3.63) is 28.6 Å². The van der Waals surface area contributed by atoms with Gasteiger partial charge in [0, 0.05) is 11.9 Å². The summed E-state index contributed by atoms with van der Waals surface area (Å²) in [6.07, 6.45) is 1.94. The van der Waals surface area contributed by atoms with Gasteiger partial charge >= 0.3 is 11.9 Å². The summed E-state index contributed by atoms with van der Waals surface area (Å²) in [4.78, 5) is 26.1. The van der Waals surface area contributed by atoms with Crippen LogP contribution in [0.5, 0.6) is 0 Å². The van der Waals surface area contributed by atoms with Gasteiger partial charge in [-0.3, -0.25) is 4.98 Å². The van der Waals surface area contributed by atoms with Crippen LogP contribution in [0.15, 0.2) is 6.20 Å². The summed E-state index contributed by atoms with van der Waals surface area (Å²) in [6.45, 7) is 5.50. The molecule has 0 aliphatic rings. The third kappa shape index (κ3) is 2.43. The lowest BCUT2D eigenvalue weighted by molar-refractivity contribution is 0.0650. The van der Waals surface area contributed by atoms with Crippen molar-refractivity contribution >= 4 is 11.9 Å². The van der Waals surface area contributed by atoms with Crippen LogP contribution < -0.4 is 0 Å². The molecule has 2 N–H and O–H groups in total. The maximum atomic E-state index is 11.1. The molecule has 1 heterocycles. The molecule has 0 bridgehead atoms. The Kier molecular flexibility index (Phi) is 3.83. The molecule has 0 amide bonds. The third-order valence-corrected chi connectivity index (χ3v) is 2.88. The van der Waals surface area contributed by atoms with Crippen LogP contribution in [0.1, 0.15) is 58.2 Å². The quantitative estimate of drug-likeness (QED) is 0.838. The van der Waals surface area contributed by atoms with Gasteiger partial charge in [0.05, 0.1) is 11.1 Å². The highest BCUT2D eigenvalue weighted by molar-refractivity contribution is 6.02. The molecule has 0 saturated carbocycles. The maximum Gasteiger partial charge on any atom is 0.338 e. The number of aromatic nitrogens is 1.